The monoisotopic (exact) mass is 330 g/mol. The number of fused-ring (bicyclic) bond motifs is 5. The van der Waals surface area contributed by atoms with Gasteiger partial charge in [0.15, 0.2) is 0 Å². The molecule has 1 aromatic heterocycles. The Morgan fingerprint density at radius 1 is 0.955 bits per heavy atom. The minimum atomic E-state index is 0.728. The lowest BCUT2D eigenvalue weighted by atomic mass is 10.0. The van der Waals surface area contributed by atoms with Gasteiger partial charge in [-0.05, 0) is 35.7 Å². The Hall–Kier alpha value is -0.990. The van der Waals surface area contributed by atoms with E-state index in [1.807, 2.05) is 50.8 Å². The predicted molar refractivity (Wildman–Crippen MR) is 106 cm³/mol. The molecule has 0 aliphatic carbocycles. The van der Waals surface area contributed by atoms with Crippen molar-refractivity contribution in [2.45, 2.75) is 58.1 Å². The summed E-state index contributed by atoms with van der Waals surface area (Å²) in [6, 6.07) is 11.6. The first-order valence-electron chi connectivity index (χ1n) is 8.34. The van der Waals surface area contributed by atoms with Gasteiger partial charge in [0.05, 0.1) is 0 Å². The molecule has 0 fully saturated rings. The second-order valence-corrected chi connectivity index (χ2v) is 7.83. The molecule has 0 radical (unpaired) electrons. The summed E-state index contributed by atoms with van der Waals surface area (Å²) in [4.78, 5) is 2.92. The van der Waals surface area contributed by atoms with Crippen LogP contribution in [0.15, 0.2) is 35.2 Å². The average molecular weight is 331 g/mol. The van der Waals surface area contributed by atoms with Crippen LogP contribution in [0.5, 0.6) is 0 Å². The molecule has 2 heteroatoms. The molecular weight excluding hydrogens is 304 g/mol. The molecule has 0 spiro atoms. The van der Waals surface area contributed by atoms with Crippen LogP contribution < -0.4 is 0 Å². The number of aryl methyl sites for hydroxylation is 1. The third-order valence-corrected chi connectivity index (χ3v) is 6.05. The summed E-state index contributed by atoms with van der Waals surface area (Å²) in [5.74, 6) is 0. The van der Waals surface area contributed by atoms with E-state index < -0.39 is 0 Å². The second-order valence-electron chi connectivity index (χ2n) is 5.12. The fourth-order valence-electron chi connectivity index (χ4n) is 2.90. The number of thioether (sulfide) groups is 1. The number of hydrogen-bond donors (Lipinski definition) is 0. The second kappa shape index (κ2) is 7.52. The summed E-state index contributed by atoms with van der Waals surface area (Å²) >= 11 is 3.96. The highest BCUT2D eigenvalue weighted by atomic mass is 32.2. The molecule has 22 heavy (non-hydrogen) atoms. The highest BCUT2D eigenvalue weighted by Crippen LogP contribution is 2.44. The fourth-order valence-corrected chi connectivity index (χ4v) is 5.22. The van der Waals surface area contributed by atoms with Gasteiger partial charge >= 0.3 is 0 Å². The van der Waals surface area contributed by atoms with Gasteiger partial charge in [0.25, 0.3) is 0 Å². The molecule has 1 aliphatic rings. The molecule has 0 bridgehead atoms. The first-order chi connectivity index (χ1) is 10.7. The maximum absolute atomic E-state index is 2.34. The summed E-state index contributed by atoms with van der Waals surface area (Å²) in [7, 11) is 0. The van der Waals surface area contributed by atoms with Crippen molar-refractivity contribution in [3.63, 3.8) is 0 Å². The summed E-state index contributed by atoms with van der Waals surface area (Å²) in [5.41, 5.74) is 1.53. The van der Waals surface area contributed by atoms with Gasteiger partial charge in [0.2, 0.25) is 0 Å². The van der Waals surface area contributed by atoms with Gasteiger partial charge in [-0.1, -0.05) is 58.9 Å². The standard InChI is InChI=1S/C16H14S2.2C2H6/c1-9-7-11-3-5-14-13(15(11)17-9)6-4-12-8-10(2)18-16(12)14;2*1-2/h3-7,10H,8H2,1-2H3;2*1-2H3. The lowest BCUT2D eigenvalue weighted by Crippen LogP contribution is -1.90. The number of hydrogen-bond acceptors (Lipinski definition) is 2. The average Bonchev–Trinajstić information content (AvgIpc) is 3.11. The lowest BCUT2D eigenvalue weighted by molar-refractivity contribution is 0.962. The molecular formula is C20H26S2. The fraction of sp³-hybridized carbons (Fsp3) is 0.400. The van der Waals surface area contributed by atoms with E-state index in [-0.39, 0.29) is 0 Å². The molecule has 3 aromatic rings. The van der Waals surface area contributed by atoms with Gasteiger partial charge in [-0.2, -0.15) is 0 Å². The largest absolute Gasteiger partial charge is 0.140 e. The highest BCUT2D eigenvalue weighted by molar-refractivity contribution is 8.00. The Labute approximate surface area is 142 Å². The van der Waals surface area contributed by atoms with E-state index in [1.165, 1.54) is 42.6 Å². The van der Waals surface area contributed by atoms with E-state index in [1.54, 1.807) is 0 Å². The van der Waals surface area contributed by atoms with E-state index in [2.05, 4.69) is 44.2 Å². The summed E-state index contributed by atoms with van der Waals surface area (Å²) in [5, 5.41) is 5.01. The third kappa shape index (κ3) is 3.04. The minimum Gasteiger partial charge on any atom is -0.140 e. The van der Waals surface area contributed by atoms with Crippen LogP contribution >= 0.6 is 23.1 Å². The Morgan fingerprint density at radius 3 is 2.36 bits per heavy atom. The Morgan fingerprint density at radius 2 is 1.64 bits per heavy atom. The Balaban J connectivity index is 0.000000410. The van der Waals surface area contributed by atoms with Crippen molar-refractivity contribution < 1.29 is 0 Å². The van der Waals surface area contributed by atoms with E-state index in [9.17, 15) is 0 Å². The van der Waals surface area contributed by atoms with Crippen LogP contribution in [-0.4, -0.2) is 5.25 Å². The van der Waals surface area contributed by atoms with Crippen LogP contribution in [0, 0.1) is 6.92 Å². The number of thiophene rings is 1. The van der Waals surface area contributed by atoms with Crippen molar-refractivity contribution in [3.05, 3.63) is 40.8 Å². The van der Waals surface area contributed by atoms with Gasteiger partial charge in [-0.15, -0.1) is 23.1 Å². The summed E-state index contributed by atoms with van der Waals surface area (Å²) in [6.07, 6.45) is 1.22. The first-order valence-corrected chi connectivity index (χ1v) is 10.0. The van der Waals surface area contributed by atoms with Crippen LogP contribution in [0.2, 0.25) is 0 Å². The molecule has 4 rings (SSSR count). The summed E-state index contributed by atoms with van der Waals surface area (Å²) in [6.45, 7) is 12.5. The SMILES string of the molecule is CC.CC.Cc1cc2ccc3c4c(ccc3c2s1)CC(C)S4. The van der Waals surface area contributed by atoms with Crippen LogP contribution in [0.1, 0.15) is 45.1 Å². The third-order valence-electron chi connectivity index (χ3n) is 3.66. The van der Waals surface area contributed by atoms with E-state index >= 15 is 0 Å². The molecule has 0 saturated carbocycles. The maximum Gasteiger partial charge on any atom is 0.0424 e. The number of rotatable bonds is 0. The van der Waals surface area contributed by atoms with Gasteiger partial charge in [0, 0.05) is 25.1 Å². The van der Waals surface area contributed by atoms with Crippen molar-refractivity contribution in [2.75, 3.05) is 0 Å². The smallest absolute Gasteiger partial charge is 0.0424 e. The van der Waals surface area contributed by atoms with Crippen molar-refractivity contribution in [1.29, 1.82) is 0 Å². The predicted octanol–water partition coefficient (Wildman–Crippen LogP) is 7.45. The van der Waals surface area contributed by atoms with Crippen molar-refractivity contribution in [3.8, 4) is 0 Å². The lowest BCUT2D eigenvalue weighted by Gasteiger charge is -2.05. The van der Waals surface area contributed by atoms with Crippen LogP contribution in [-0.2, 0) is 6.42 Å². The molecule has 1 atom stereocenters. The van der Waals surface area contributed by atoms with E-state index in [0.717, 1.165) is 5.25 Å². The van der Waals surface area contributed by atoms with Crippen molar-refractivity contribution >= 4 is 44.0 Å². The van der Waals surface area contributed by atoms with Gasteiger partial charge < -0.3 is 0 Å². The highest BCUT2D eigenvalue weighted by Gasteiger charge is 2.21. The maximum atomic E-state index is 2.34. The van der Waals surface area contributed by atoms with Crippen LogP contribution in [0.25, 0.3) is 20.9 Å². The minimum absolute atomic E-state index is 0.728. The number of benzene rings is 2. The molecule has 0 amide bonds. The van der Waals surface area contributed by atoms with E-state index in [4.69, 9.17) is 0 Å². The van der Waals surface area contributed by atoms with Gasteiger partial charge in [0.1, 0.15) is 0 Å². The zero-order valence-corrected chi connectivity index (χ0v) is 16.1. The quantitative estimate of drug-likeness (QED) is 0.412. The normalized spacial score (nSPS) is 15.8. The van der Waals surface area contributed by atoms with Gasteiger partial charge in [-0.25, -0.2) is 0 Å². The Bertz CT molecular complexity index is 768. The van der Waals surface area contributed by atoms with E-state index in [0.29, 0.717) is 0 Å². The zero-order valence-electron chi connectivity index (χ0n) is 14.5. The zero-order chi connectivity index (χ0) is 16.3. The van der Waals surface area contributed by atoms with Crippen molar-refractivity contribution in [1.82, 2.24) is 0 Å². The molecule has 118 valence electrons. The summed E-state index contributed by atoms with van der Waals surface area (Å²) < 4.78 is 1.45. The Kier molecular flexibility index (Phi) is 5.94. The molecule has 1 aliphatic heterocycles. The van der Waals surface area contributed by atoms with Crippen LogP contribution in [0.3, 0.4) is 0 Å². The first kappa shape index (κ1) is 17.4. The molecule has 1 unspecified atom stereocenters. The van der Waals surface area contributed by atoms with Gasteiger partial charge in [-0.3, -0.25) is 0 Å². The topological polar surface area (TPSA) is 0 Å². The van der Waals surface area contributed by atoms with Crippen LogP contribution in [0.4, 0.5) is 0 Å². The molecule has 0 nitrogen and oxygen atoms in total. The van der Waals surface area contributed by atoms with Crippen molar-refractivity contribution in [2.24, 2.45) is 0 Å². The molecule has 2 heterocycles. The molecule has 2 aromatic carbocycles. The molecule has 0 saturated heterocycles. The molecule has 0 N–H and O–H groups in total.